The van der Waals surface area contributed by atoms with Gasteiger partial charge in [0.05, 0.1) is 5.60 Å². The molecule has 1 rings (SSSR count). The first kappa shape index (κ1) is 14.7. The SMILES string of the molecule is CC(C(=O)O)=C(C)C(=O)NCC1(O)CCCCC1. The van der Waals surface area contributed by atoms with Crippen molar-refractivity contribution in [2.24, 2.45) is 0 Å². The molecule has 5 nitrogen and oxygen atoms in total. The molecule has 0 saturated heterocycles. The fourth-order valence-corrected chi connectivity index (χ4v) is 2.09. The lowest BCUT2D eigenvalue weighted by Gasteiger charge is -2.32. The van der Waals surface area contributed by atoms with E-state index in [1.54, 1.807) is 0 Å². The maximum absolute atomic E-state index is 11.7. The van der Waals surface area contributed by atoms with Gasteiger partial charge in [0.25, 0.3) is 0 Å². The lowest BCUT2D eigenvalue weighted by molar-refractivity contribution is -0.133. The molecule has 0 spiro atoms. The third kappa shape index (κ3) is 3.84. The fourth-order valence-electron chi connectivity index (χ4n) is 2.09. The third-order valence-electron chi connectivity index (χ3n) is 3.59. The van der Waals surface area contributed by atoms with Crippen molar-refractivity contribution in [1.29, 1.82) is 0 Å². The van der Waals surface area contributed by atoms with Crippen molar-refractivity contribution >= 4 is 11.9 Å². The first-order valence-corrected chi connectivity index (χ1v) is 6.27. The van der Waals surface area contributed by atoms with E-state index in [9.17, 15) is 14.7 Å². The number of hydrogen-bond donors (Lipinski definition) is 3. The second-order valence-electron chi connectivity index (χ2n) is 5.02. The van der Waals surface area contributed by atoms with Gasteiger partial charge in [0.15, 0.2) is 0 Å². The Bertz CT molecular complexity index is 367. The van der Waals surface area contributed by atoms with Crippen LogP contribution in [0.1, 0.15) is 46.0 Å². The van der Waals surface area contributed by atoms with E-state index in [1.165, 1.54) is 13.8 Å². The van der Waals surface area contributed by atoms with Gasteiger partial charge in [0.2, 0.25) is 5.91 Å². The molecule has 3 N–H and O–H groups in total. The maximum atomic E-state index is 11.7. The fraction of sp³-hybridized carbons (Fsp3) is 0.692. The lowest BCUT2D eigenvalue weighted by Crippen LogP contribution is -2.44. The van der Waals surface area contributed by atoms with Crippen molar-refractivity contribution in [3.8, 4) is 0 Å². The summed E-state index contributed by atoms with van der Waals surface area (Å²) in [6.07, 6.45) is 4.43. The Morgan fingerprint density at radius 3 is 2.17 bits per heavy atom. The Morgan fingerprint density at radius 2 is 1.67 bits per heavy atom. The summed E-state index contributed by atoms with van der Waals surface area (Å²) in [5, 5.41) is 21.6. The van der Waals surface area contributed by atoms with Crippen LogP contribution in [0.25, 0.3) is 0 Å². The van der Waals surface area contributed by atoms with E-state index in [-0.39, 0.29) is 17.7 Å². The molecule has 1 saturated carbocycles. The second-order valence-corrected chi connectivity index (χ2v) is 5.02. The quantitative estimate of drug-likeness (QED) is 0.659. The normalized spacial score (nSPS) is 19.9. The molecular weight excluding hydrogens is 234 g/mol. The number of carboxylic acids is 1. The van der Waals surface area contributed by atoms with Crippen LogP contribution in [0.4, 0.5) is 0 Å². The molecule has 0 heterocycles. The zero-order chi connectivity index (χ0) is 13.8. The van der Waals surface area contributed by atoms with Crippen LogP contribution in [0.5, 0.6) is 0 Å². The van der Waals surface area contributed by atoms with Gasteiger partial charge in [0.1, 0.15) is 0 Å². The molecule has 1 aliphatic rings. The predicted octanol–water partition coefficient (Wildman–Crippen LogP) is 1.22. The highest BCUT2D eigenvalue weighted by atomic mass is 16.4. The molecule has 0 atom stereocenters. The van der Waals surface area contributed by atoms with E-state index >= 15 is 0 Å². The zero-order valence-corrected chi connectivity index (χ0v) is 11.0. The number of rotatable bonds is 4. The maximum Gasteiger partial charge on any atom is 0.331 e. The average molecular weight is 255 g/mol. The highest BCUT2D eigenvalue weighted by Crippen LogP contribution is 2.27. The minimum absolute atomic E-state index is 0.0307. The molecule has 0 aliphatic heterocycles. The highest BCUT2D eigenvalue weighted by Gasteiger charge is 2.29. The summed E-state index contributed by atoms with van der Waals surface area (Å²) in [5.74, 6) is -1.52. The smallest absolute Gasteiger partial charge is 0.331 e. The number of amides is 1. The van der Waals surface area contributed by atoms with Gasteiger partial charge in [-0.1, -0.05) is 19.3 Å². The van der Waals surface area contributed by atoms with Crippen LogP contribution in [-0.4, -0.2) is 34.2 Å². The van der Waals surface area contributed by atoms with Crippen LogP contribution in [-0.2, 0) is 9.59 Å². The molecule has 1 aliphatic carbocycles. The summed E-state index contributed by atoms with van der Waals surface area (Å²) in [4.78, 5) is 22.5. The Balaban J connectivity index is 2.55. The van der Waals surface area contributed by atoms with E-state index in [0.29, 0.717) is 12.8 Å². The van der Waals surface area contributed by atoms with Crippen LogP contribution >= 0.6 is 0 Å². The summed E-state index contributed by atoms with van der Waals surface area (Å²) in [5.41, 5.74) is -0.615. The van der Waals surface area contributed by atoms with Gasteiger partial charge in [0, 0.05) is 17.7 Å². The van der Waals surface area contributed by atoms with Crippen molar-refractivity contribution in [2.75, 3.05) is 6.54 Å². The molecule has 1 fully saturated rings. The molecule has 0 aromatic heterocycles. The van der Waals surface area contributed by atoms with Crippen LogP contribution < -0.4 is 5.32 Å². The Hall–Kier alpha value is -1.36. The first-order chi connectivity index (χ1) is 8.36. The monoisotopic (exact) mass is 255 g/mol. The van der Waals surface area contributed by atoms with E-state index in [4.69, 9.17) is 5.11 Å². The summed E-state index contributed by atoms with van der Waals surface area (Å²) < 4.78 is 0. The van der Waals surface area contributed by atoms with Crippen molar-refractivity contribution in [3.63, 3.8) is 0 Å². The molecule has 5 heteroatoms. The molecule has 1 amide bonds. The molecule has 18 heavy (non-hydrogen) atoms. The van der Waals surface area contributed by atoms with Crippen LogP contribution in [0.2, 0.25) is 0 Å². The van der Waals surface area contributed by atoms with Gasteiger partial charge in [-0.15, -0.1) is 0 Å². The minimum Gasteiger partial charge on any atom is -0.478 e. The molecule has 0 unspecified atom stereocenters. The number of carbonyl (C=O) groups excluding carboxylic acids is 1. The highest BCUT2D eigenvalue weighted by molar-refractivity contribution is 6.01. The molecule has 0 bridgehead atoms. The van der Waals surface area contributed by atoms with Crippen LogP contribution in [0, 0.1) is 0 Å². The van der Waals surface area contributed by atoms with Crippen molar-refractivity contribution in [1.82, 2.24) is 5.32 Å². The Labute approximate surface area is 107 Å². The van der Waals surface area contributed by atoms with E-state index in [0.717, 1.165) is 19.3 Å². The Kier molecular flexibility index (Phi) is 4.90. The number of nitrogens with one attached hydrogen (secondary N) is 1. The lowest BCUT2D eigenvalue weighted by atomic mass is 9.85. The molecule has 102 valence electrons. The number of hydrogen-bond acceptors (Lipinski definition) is 3. The zero-order valence-electron chi connectivity index (χ0n) is 11.0. The third-order valence-corrected chi connectivity index (χ3v) is 3.59. The molecule has 0 radical (unpaired) electrons. The van der Waals surface area contributed by atoms with Gasteiger partial charge >= 0.3 is 5.97 Å². The Morgan fingerprint density at radius 1 is 1.11 bits per heavy atom. The standard InChI is InChI=1S/C13H21NO4/c1-9(10(2)12(16)17)11(15)14-8-13(18)6-4-3-5-7-13/h18H,3-8H2,1-2H3,(H,14,15)(H,16,17). The van der Waals surface area contributed by atoms with E-state index < -0.39 is 17.5 Å². The summed E-state index contributed by atoms with van der Waals surface area (Å²) >= 11 is 0. The minimum atomic E-state index is -1.10. The molecule has 0 aromatic carbocycles. The number of carbonyl (C=O) groups is 2. The van der Waals surface area contributed by atoms with Crippen molar-refractivity contribution in [3.05, 3.63) is 11.1 Å². The number of carboxylic acid groups (broad SMARTS) is 1. The topological polar surface area (TPSA) is 86.6 Å². The number of aliphatic hydroxyl groups is 1. The largest absolute Gasteiger partial charge is 0.478 e. The first-order valence-electron chi connectivity index (χ1n) is 6.27. The number of aliphatic carboxylic acids is 1. The summed E-state index contributed by atoms with van der Waals surface area (Å²) in [6, 6.07) is 0. The van der Waals surface area contributed by atoms with Gasteiger partial charge in [-0.05, 0) is 26.7 Å². The van der Waals surface area contributed by atoms with E-state index in [1.807, 2.05) is 0 Å². The van der Waals surface area contributed by atoms with Gasteiger partial charge < -0.3 is 15.5 Å². The average Bonchev–Trinajstić information content (AvgIpc) is 2.35. The van der Waals surface area contributed by atoms with Gasteiger partial charge in [-0.25, -0.2) is 4.79 Å². The van der Waals surface area contributed by atoms with Crippen molar-refractivity contribution < 1.29 is 19.8 Å². The van der Waals surface area contributed by atoms with Crippen molar-refractivity contribution in [2.45, 2.75) is 51.6 Å². The summed E-state index contributed by atoms with van der Waals surface area (Å²) in [6.45, 7) is 3.06. The van der Waals surface area contributed by atoms with Gasteiger partial charge in [-0.2, -0.15) is 0 Å². The summed E-state index contributed by atoms with van der Waals surface area (Å²) in [7, 11) is 0. The van der Waals surface area contributed by atoms with E-state index in [2.05, 4.69) is 5.32 Å². The predicted molar refractivity (Wildman–Crippen MR) is 67.1 cm³/mol. The van der Waals surface area contributed by atoms with Gasteiger partial charge in [-0.3, -0.25) is 4.79 Å². The molecule has 0 aromatic rings. The van der Waals surface area contributed by atoms with Crippen LogP contribution in [0.3, 0.4) is 0 Å². The van der Waals surface area contributed by atoms with Crippen LogP contribution in [0.15, 0.2) is 11.1 Å². The second kappa shape index (κ2) is 6.00. The molecular formula is C13H21NO4.